The highest BCUT2D eigenvalue weighted by Gasteiger charge is 2.16. The van der Waals surface area contributed by atoms with Crippen LogP contribution in [-0.2, 0) is 0 Å². The van der Waals surface area contributed by atoms with Gasteiger partial charge in [-0.3, -0.25) is 14.9 Å². The first kappa shape index (κ1) is 11.1. The molecule has 0 aliphatic rings. The molecule has 0 fully saturated rings. The topological polar surface area (TPSA) is 85.2 Å². The molecule has 2 rings (SSSR count). The zero-order valence-electron chi connectivity index (χ0n) is 8.69. The molecule has 0 saturated heterocycles. The third kappa shape index (κ3) is 1.71. The molecule has 1 N–H and O–H groups in total. The second-order valence-electron chi connectivity index (χ2n) is 3.29. The molecule has 0 spiro atoms. The van der Waals surface area contributed by atoms with E-state index in [1.165, 1.54) is 13.2 Å². The number of H-pyrrole nitrogens is 1. The Morgan fingerprint density at radius 3 is 2.76 bits per heavy atom. The zero-order chi connectivity index (χ0) is 12.6. The Hall–Kier alpha value is -2.44. The number of hydrogen-bond acceptors (Lipinski definition) is 4. The summed E-state index contributed by atoms with van der Waals surface area (Å²) in [6.45, 7) is 0. The first-order valence-corrected chi connectivity index (χ1v) is 4.58. The van der Waals surface area contributed by atoms with Crippen LogP contribution in [0.15, 0.2) is 23.1 Å². The standard InChI is InChI=1S/C10H7FN2O4/c1-17-9-3-7-5(2-6(9)11)10(14)8(4-12-7)13(15)16/h2-4H,1H3,(H,12,14). The van der Waals surface area contributed by atoms with Crippen molar-refractivity contribution in [1.82, 2.24) is 4.98 Å². The van der Waals surface area contributed by atoms with Gasteiger partial charge >= 0.3 is 5.69 Å². The van der Waals surface area contributed by atoms with Gasteiger partial charge in [-0.25, -0.2) is 4.39 Å². The van der Waals surface area contributed by atoms with Crippen LogP contribution in [0.4, 0.5) is 10.1 Å². The molecule has 0 amide bonds. The summed E-state index contributed by atoms with van der Waals surface area (Å²) >= 11 is 0. The van der Waals surface area contributed by atoms with Crippen LogP contribution in [0, 0.1) is 15.9 Å². The van der Waals surface area contributed by atoms with E-state index in [4.69, 9.17) is 4.74 Å². The molecular weight excluding hydrogens is 231 g/mol. The van der Waals surface area contributed by atoms with Crippen LogP contribution < -0.4 is 10.2 Å². The van der Waals surface area contributed by atoms with Gasteiger partial charge in [-0.05, 0) is 6.07 Å². The van der Waals surface area contributed by atoms with Gasteiger partial charge in [-0.1, -0.05) is 0 Å². The van der Waals surface area contributed by atoms with Crippen molar-refractivity contribution >= 4 is 16.6 Å². The van der Waals surface area contributed by atoms with Crippen molar-refractivity contribution in [2.75, 3.05) is 7.11 Å². The van der Waals surface area contributed by atoms with Crippen LogP contribution in [0.3, 0.4) is 0 Å². The van der Waals surface area contributed by atoms with Crippen molar-refractivity contribution in [2.45, 2.75) is 0 Å². The number of nitrogens with zero attached hydrogens (tertiary/aromatic N) is 1. The molecule has 2 aromatic rings. The van der Waals surface area contributed by atoms with E-state index in [2.05, 4.69) is 4.98 Å². The van der Waals surface area contributed by atoms with Gasteiger partial charge in [0, 0.05) is 6.07 Å². The second kappa shape index (κ2) is 3.85. The number of nitrogens with one attached hydrogen (secondary N) is 1. The lowest BCUT2D eigenvalue weighted by molar-refractivity contribution is -0.386. The summed E-state index contributed by atoms with van der Waals surface area (Å²) < 4.78 is 18.1. The molecule has 0 saturated carbocycles. The van der Waals surface area contributed by atoms with Crippen molar-refractivity contribution in [3.63, 3.8) is 0 Å². The van der Waals surface area contributed by atoms with Gasteiger partial charge in [0.2, 0.25) is 0 Å². The lowest BCUT2D eigenvalue weighted by Gasteiger charge is -2.03. The molecule has 0 bridgehead atoms. The number of fused-ring (bicyclic) bond motifs is 1. The quantitative estimate of drug-likeness (QED) is 0.635. The van der Waals surface area contributed by atoms with Crippen LogP contribution in [0.2, 0.25) is 0 Å². The number of hydrogen-bond donors (Lipinski definition) is 1. The number of nitro groups is 1. The van der Waals surface area contributed by atoms with E-state index in [9.17, 15) is 19.3 Å². The third-order valence-electron chi connectivity index (χ3n) is 2.33. The Morgan fingerprint density at radius 2 is 2.18 bits per heavy atom. The molecule has 6 nitrogen and oxygen atoms in total. The molecule has 0 atom stereocenters. The lowest BCUT2D eigenvalue weighted by Crippen LogP contribution is -2.09. The number of ether oxygens (including phenoxy) is 1. The van der Waals surface area contributed by atoms with Crippen molar-refractivity contribution in [2.24, 2.45) is 0 Å². The van der Waals surface area contributed by atoms with Crippen molar-refractivity contribution < 1.29 is 14.1 Å². The van der Waals surface area contributed by atoms with Crippen molar-refractivity contribution in [3.8, 4) is 5.75 Å². The number of benzene rings is 1. The predicted octanol–water partition coefficient (Wildman–Crippen LogP) is 1.58. The molecule has 0 aliphatic carbocycles. The molecular formula is C10H7FN2O4. The fourth-order valence-electron chi connectivity index (χ4n) is 1.50. The first-order valence-electron chi connectivity index (χ1n) is 4.58. The molecule has 17 heavy (non-hydrogen) atoms. The second-order valence-corrected chi connectivity index (χ2v) is 3.29. The fourth-order valence-corrected chi connectivity index (χ4v) is 1.50. The smallest absolute Gasteiger partial charge is 0.332 e. The van der Waals surface area contributed by atoms with Crippen LogP contribution >= 0.6 is 0 Å². The molecule has 1 aromatic heterocycles. The fraction of sp³-hybridized carbons (Fsp3) is 0.100. The number of halogens is 1. The summed E-state index contributed by atoms with van der Waals surface area (Å²) in [5.74, 6) is -0.784. The zero-order valence-corrected chi connectivity index (χ0v) is 8.69. The molecule has 1 heterocycles. The Balaban J connectivity index is 2.83. The highest BCUT2D eigenvalue weighted by atomic mass is 19.1. The maximum absolute atomic E-state index is 13.4. The Kier molecular flexibility index (Phi) is 2.51. The van der Waals surface area contributed by atoms with E-state index in [0.29, 0.717) is 0 Å². The Bertz CT molecular complexity index is 665. The number of aromatic nitrogens is 1. The van der Waals surface area contributed by atoms with Crippen molar-refractivity contribution in [3.05, 3.63) is 44.5 Å². The van der Waals surface area contributed by atoms with Gasteiger partial charge < -0.3 is 9.72 Å². The molecule has 0 aliphatic heterocycles. The number of aromatic amines is 1. The SMILES string of the molecule is COc1cc2[nH]cc([N+](=O)[O-])c(=O)c2cc1F. The van der Waals surface area contributed by atoms with Gasteiger partial charge in [0.25, 0.3) is 5.43 Å². The Labute approximate surface area is 93.8 Å². The van der Waals surface area contributed by atoms with E-state index in [1.54, 1.807) is 0 Å². The monoisotopic (exact) mass is 238 g/mol. The van der Waals surface area contributed by atoms with E-state index in [1.807, 2.05) is 0 Å². The van der Waals surface area contributed by atoms with Crippen LogP contribution in [-0.4, -0.2) is 17.0 Å². The van der Waals surface area contributed by atoms with Gasteiger partial charge in [-0.15, -0.1) is 0 Å². The summed E-state index contributed by atoms with van der Waals surface area (Å²) in [6, 6.07) is 2.19. The highest BCUT2D eigenvalue weighted by molar-refractivity contribution is 5.81. The summed E-state index contributed by atoms with van der Waals surface area (Å²) in [6.07, 6.45) is 0.974. The van der Waals surface area contributed by atoms with Crippen LogP contribution in [0.25, 0.3) is 10.9 Å². The molecule has 0 unspecified atom stereocenters. The van der Waals surface area contributed by atoms with E-state index in [0.717, 1.165) is 12.3 Å². The molecule has 0 radical (unpaired) electrons. The minimum absolute atomic E-state index is 0.0398. The van der Waals surface area contributed by atoms with E-state index in [-0.39, 0.29) is 16.7 Å². The molecule has 88 valence electrons. The summed E-state index contributed by atoms with van der Waals surface area (Å²) in [7, 11) is 1.29. The summed E-state index contributed by atoms with van der Waals surface area (Å²) in [5, 5.41) is 10.5. The average molecular weight is 238 g/mol. The van der Waals surface area contributed by atoms with Crippen LogP contribution in [0.1, 0.15) is 0 Å². The molecule has 1 aromatic carbocycles. The summed E-state index contributed by atoms with van der Waals surface area (Å²) in [4.78, 5) is 23.9. The van der Waals surface area contributed by atoms with Crippen molar-refractivity contribution in [1.29, 1.82) is 0 Å². The average Bonchev–Trinajstić information content (AvgIpc) is 2.29. The molecule has 7 heteroatoms. The normalized spacial score (nSPS) is 10.5. The van der Waals surface area contributed by atoms with Gasteiger partial charge in [-0.2, -0.15) is 0 Å². The third-order valence-corrected chi connectivity index (χ3v) is 2.33. The Morgan fingerprint density at radius 1 is 1.47 bits per heavy atom. The highest BCUT2D eigenvalue weighted by Crippen LogP contribution is 2.22. The van der Waals surface area contributed by atoms with Gasteiger partial charge in [0.15, 0.2) is 11.6 Å². The maximum Gasteiger partial charge on any atom is 0.332 e. The lowest BCUT2D eigenvalue weighted by atomic mass is 10.2. The predicted molar refractivity (Wildman–Crippen MR) is 57.7 cm³/mol. The van der Waals surface area contributed by atoms with E-state index >= 15 is 0 Å². The summed E-state index contributed by atoms with van der Waals surface area (Å²) in [5.41, 5.74) is -1.17. The minimum Gasteiger partial charge on any atom is -0.494 e. The number of pyridine rings is 1. The number of rotatable bonds is 2. The first-order chi connectivity index (χ1) is 8.04. The minimum atomic E-state index is -0.828. The van der Waals surface area contributed by atoms with Crippen LogP contribution in [0.5, 0.6) is 5.75 Å². The maximum atomic E-state index is 13.4. The number of methoxy groups -OCH3 is 1. The van der Waals surface area contributed by atoms with Gasteiger partial charge in [0.1, 0.15) is 0 Å². The largest absolute Gasteiger partial charge is 0.494 e. The van der Waals surface area contributed by atoms with Gasteiger partial charge in [0.05, 0.1) is 29.1 Å². The van der Waals surface area contributed by atoms with E-state index < -0.39 is 21.9 Å².